The maximum Gasteiger partial charge on any atom is 0.0725 e. The maximum absolute atomic E-state index is 4.72. The minimum Gasteiger partial charge on any atom is -0.227 e. The van der Waals surface area contributed by atoms with Crippen molar-refractivity contribution in [3.8, 4) is 0 Å². The lowest BCUT2D eigenvalue weighted by molar-refractivity contribution is -0.160. The van der Waals surface area contributed by atoms with E-state index in [2.05, 4.69) is 4.89 Å². The number of aryl methyl sites for hydroxylation is 1. The molecule has 1 rings (SSSR count). The van der Waals surface area contributed by atoms with Gasteiger partial charge in [0.05, 0.1) is 19.2 Å². The molecule has 0 bridgehead atoms. The Labute approximate surface area is 78.0 Å². The summed E-state index contributed by atoms with van der Waals surface area (Å²) in [7, 11) is 1.49. The third kappa shape index (κ3) is 3.26. The van der Waals surface area contributed by atoms with Crippen molar-refractivity contribution in [1.29, 1.82) is 0 Å². The molecule has 0 aliphatic carbocycles. The normalized spacial score (nSPS) is 9.17. The molecule has 0 aromatic heterocycles. The zero-order valence-electron chi connectivity index (χ0n) is 6.53. The van der Waals surface area contributed by atoms with Crippen molar-refractivity contribution in [2.75, 3.05) is 7.11 Å². The zero-order chi connectivity index (χ0) is 8.10. The fraction of sp³-hybridized carbons (Fsp3) is 0.333. The smallest absolute Gasteiger partial charge is 0.0725 e. The highest BCUT2D eigenvalue weighted by atomic mass is 32.2. The van der Waals surface area contributed by atoms with Crippen molar-refractivity contribution in [1.82, 2.24) is 0 Å². The Balaban J connectivity index is 0.00000121. The lowest BCUT2D eigenvalue weighted by Gasteiger charge is -2.00. The summed E-state index contributed by atoms with van der Waals surface area (Å²) < 4.78 is 4.72. The van der Waals surface area contributed by atoms with Crippen molar-refractivity contribution < 1.29 is 9.22 Å². The van der Waals surface area contributed by atoms with Gasteiger partial charge in [-0.3, -0.25) is 0 Å². The van der Waals surface area contributed by atoms with Gasteiger partial charge in [0.2, 0.25) is 0 Å². The molecule has 0 amide bonds. The minimum absolute atomic E-state index is 0. The van der Waals surface area contributed by atoms with Gasteiger partial charge in [0, 0.05) is 4.90 Å². The molecule has 0 fully saturated rings. The Kier molecular flexibility index (Phi) is 5.80. The summed E-state index contributed by atoms with van der Waals surface area (Å²) in [5.41, 5.74) is 1.19. The van der Waals surface area contributed by atoms with Crippen molar-refractivity contribution in [2.45, 2.75) is 19.2 Å². The molecule has 0 radical (unpaired) electrons. The highest BCUT2D eigenvalue weighted by Gasteiger charge is 1.96. The molecular formula is C9H14O2S. The Bertz CT molecular complexity index is 226. The predicted molar refractivity (Wildman–Crippen MR) is 51.9 cm³/mol. The third-order valence-corrected chi connectivity index (χ3v) is 2.13. The molecule has 0 atom stereocenters. The SMILES string of the molecule is C.COOSc1ccccc1C. The topological polar surface area (TPSA) is 18.5 Å². The van der Waals surface area contributed by atoms with Gasteiger partial charge in [-0.15, -0.1) is 0 Å². The number of rotatable bonds is 3. The standard InChI is InChI=1S/C8H10O2S.CH4/c1-7-5-3-4-6-8(7)11-10-9-2;/h3-6H,1-2H3;1H4. The van der Waals surface area contributed by atoms with E-state index in [0.717, 1.165) is 4.90 Å². The monoisotopic (exact) mass is 186 g/mol. The van der Waals surface area contributed by atoms with Gasteiger partial charge >= 0.3 is 0 Å². The van der Waals surface area contributed by atoms with Gasteiger partial charge in [0.1, 0.15) is 0 Å². The second-order valence-electron chi connectivity index (χ2n) is 2.08. The molecule has 0 aliphatic rings. The van der Waals surface area contributed by atoms with Crippen LogP contribution in [0.3, 0.4) is 0 Å². The van der Waals surface area contributed by atoms with E-state index in [-0.39, 0.29) is 7.43 Å². The average Bonchev–Trinajstić information content (AvgIpc) is 2.03. The molecule has 0 unspecified atom stereocenters. The highest BCUT2D eigenvalue weighted by Crippen LogP contribution is 2.22. The molecule has 68 valence electrons. The van der Waals surface area contributed by atoms with E-state index >= 15 is 0 Å². The van der Waals surface area contributed by atoms with Gasteiger partial charge in [-0.25, -0.2) is 4.89 Å². The fourth-order valence-corrected chi connectivity index (χ4v) is 1.20. The van der Waals surface area contributed by atoms with Crippen LogP contribution in [0.25, 0.3) is 0 Å². The minimum atomic E-state index is 0. The summed E-state index contributed by atoms with van der Waals surface area (Å²) in [4.78, 5) is 5.54. The van der Waals surface area contributed by atoms with Crippen LogP contribution in [0.5, 0.6) is 0 Å². The van der Waals surface area contributed by atoms with Crippen LogP contribution in [-0.4, -0.2) is 7.11 Å². The second kappa shape index (κ2) is 6.06. The van der Waals surface area contributed by atoms with Gasteiger partial charge in [-0.2, -0.15) is 4.33 Å². The zero-order valence-corrected chi connectivity index (χ0v) is 7.35. The molecule has 1 aromatic carbocycles. The number of hydrogen-bond acceptors (Lipinski definition) is 3. The second-order valence-corrected chi connectivity index (χ2v) is 2.83. The fourth-order valence-electron chi connectivity index (χ4n) is 0.721. The molecular weight excluding hydrogens is 172 g/mol. The van der Waals surface area contributed by atoms with Crippen LogP contribution >= 0.6 is 12.0 Å². The number of hydrogen-bond donors (Lipinski definition) is 0. The molecule has 0 aliphatic heterocycles. The van der Waals surface area contributed by atoms with Gasteiger partial charge < -0.3 is 0 Å². The van der Waals surface area contributed by atoms with E-state index in [4.69, 9.17) is 4.33 Å². The average molecular weight is 186 g/mol. The third-order valence-electron chi connectivity index (χ3n) is 1.29. The molecule has 1 aromatic rings. The van der Waals surface area contributed by atoms with Crippen molar-refractivity contribution in [2.24, 2.45) is 0 Å². The van der Waals surface area contributed by atoms with Gasteiger partial charge in [-0.1, -0.05) is 25.6 Å². The summed E-state index contributed by atoms with van der Waals surface area (Å²) in [6.45, 7) is 2.03. The first-order chi connectivity index (χ1) is 5.34. The van der Waals surface area contributed by atoms with Gasteiger partial charge in [0.25, 0.3) is 0 Å². The first kappa shape index (κ1) is 11.5. The first-order valence-corrected chi connectivity index (χ1v) is 4.01. The van der Waals surface area contributed by atoms with Crippen LogP contribution in [0.1, 0.15) is 13.0 Å². The molecule has 0 spiro atoms. The van der Waals surface area contributed by atoms with Crippen molar-refractivity contribution >= 4 is 12.0 Å². The van der Waals surface area contributed by atoms with Crippen LogP contribution in [0.4, 0.5) is 0 Å². The Hall–Kier alpha value is -0.510. The summed E-state index contributed by atoms with van der Waals surface area (Å²) in [5.74, 6) is 0. The Morgan fingerprint density at radius 3 is 2.50 bits per heavy atom. The molecule has 2 nitrogen and oxygen atoms in total. The van der Waals surface area contributed by atoms with Gasteiger partial charge in [0.15, 0.2) is 0 Å². The summed E-state index contributed by atoms with van der Waals surface area (Å²) >= 11 is 1.22. The maximum atomic E-state index is 4.72. The van der Waals surface area contributed by atoms with E-state index in [9.17, 15) is 0 Å². The Morgan fingerprint density at radius 1 is 1.25 bits per heavy atom. The van der Waals surface area contributed by atoms with Crippen LogP contribution in [-0.2, 0) is 9.22 Å². The Morgan fingerprint density at radius 2 is 1.92 bits per heavy atom. The highest BCUT2D eigenvalue weighted by molar-refractivity contribution is 7.94. The molecule has 0 heterocycles. The number of benzene rings is 1. The van der Waals surface area contributed by atoms with Crippen LogP contribution in [0, 0.1) is 6.92 Å². The van der Waals surface area contributed by atoms with E-state index in [1.807, 2.05) is 31.2 Å². The van der Waals surface area contributed by atoms with E-state index < -0.39 is 0 Å². The molecule has 0 saturated carbocycles. The predicted octanol–water partition coefficient (Wildman–Crippen LogP) is 3.22. The first-order valence-electron chi connectivity index (χ1n) is 3.27. The summed E-state index contributed by atoms with van der Waals surface area (Å²) in [5, 5.41) is 0. The largest absolute Gasteiger partial charge is 0.227 e. The molecule has 0 N–H and O–H groups in total. The van der Waals surface area contributed by atoms with E-state index in [1.54, 1.807) is 0 Å². The van der Waals surface area contributed by atoms with Crippen molar-refractivity contribution in [3.63, 3.8) is 0 Å². The summed E-state index contributed by atoms with van der Waals surface area (Å²) in [6.07, 6.45) is 0. The molecule has 12 heavy (non-hydrogen) atoms. The lowest BCUT2D eigenvalue weighted by atomic mass is 10.2. The van der Waals surface area contributed by atoms with Crippen molar-refractivity contribution in [3.05, 3.63) is 29.8 Å². The van der Waals surface area contributed by atoms with Crippen LogP contribution in [0.2, 0.25) is 0 Å². The molecule has 0 saturated heterocycles. The van der Waals surface area contributed by atoms with E-state index in [0.29, 0.717) is 0 Å². The van der Waals surface area contributed by atoms with Crippen LogP contribution < -0.4 is 0 Å². The summed E-state index contributed by atoms with van der Waals surface area (Å²) in [6, 6.07) is 7.97. The lowest BCUT2D eigenvalue weighted by Crippen LogP contribution is -1.80. The quantitative estimate of drug-likeness (QED) is 0.410. The van der Waals surface area contributed by atoms with Gasteiger partial charge in [-0.05, 0) is 18.6 Å². The van der Waals surface area contributed by atoms with Crippen LogP contribution in [0.15, 0.2) is 29.2 Å². The van der Waals surface area contributed by atoms with E-state index in [1.165, 1.54) is 24.7 Å². The molecule has 3 heteroatoms.